The number of nitrogens with zero attached hydrogens (tertiary/aromatic N) is 7. The highest BCUT2D eigenvalue weighted by molar-refractivity contribution is 5.99. The normalized spacial score (nSPS) is 23.3. The number of hydrogen-bond acceptors (Lipinski definition) is 6. The Morgan fingerprint density at radius 1 is 1.11 bits per heavy atom. The van der Waals surface area contributed by atoms with E-state index in [9.17, 15) is 26.7 Å². The number of piperidine rings is 1. The first-order valence-corrected chi connectivity index (χ1v) is 11.2. The number of rotatable bonds is 4. The van der Waals surface area contributed by atoms with Gasteiger partial charge >= 0.3 is 6.18 Å². The van der Waals surface area contributed by atoms with Gasteiger partial charge in [0.2, 0.25) is 5.91 Å². The van der Waals surface area contributed by atoms with Crippen LogP contribution in [-0.2, 0) is 17.5 Å². The van der Waals surface area contributed by atoms with Gasteiger partial charge in [0.1, 0.15) is 29.4 Å². The molecule has 1 amide bonds. The summed E-state index contributed by atoms with van der Waals surface area (Å²) in [6.45, 7) is 2.55. The standard InChI is InChI=1S/C22H22F5N7O/c1-13-11-32(18-10-28-14-9-29-34(12-16(23)24)19(14)31-18)7-5-21(13)6-8-33(20(21)35)17-4-2-3-15(30-17)22(25,26)27/h2-4,9-10,13,16H,5-8,11-12H2,1H3/t13-,21-/m0/s1. The van der Waals surface area contributed by atoms with Gasteiger partial charge in [-0.2, -0.15) is 18.3 Å². The zero-order valence-electron chi connectivity index (χ0n) is 18.7. The van der Waals surface area contributed by atoms with Gasteiger partial charge in [-0.3, -0.25) is 9.69 Å². The van der Waals surface area contributed by atoms with E-state index in [-0.39, 0.29) is 29.8 Å². The number of hydrogen-bond donors (Lipinski definition) is 0. The minimum absolute atomic E-state index is 0.0000557. The van der Waals surface area contributed by atoms with Gasteiger partial charge in [0.15, 0.2) is 5.65 Å². The molecule has 3 aromatic rings. The molecule has 0 unspecified atom stereocenters. The number of anilines is 2. The Labute approximate surface area is 196 Å². The molecule has 2 atom stereocenters. The van der Waals surface area contributed by atoms with E-state index in [0.717, 1.165) is 10.7 Å². The number of halogens is 5. The van der Waals surface area contributed by atoms with Crippen LogP contribution in [0.1, 0.15) is 25.5 Å². The SMILES string of the molecule is C[C@H]1CN(c2cnc3cnn(CC(F)F)c3n2)CC[C@]12CCN(c1cccc(C(F)(F)F)n1)C2=O. The molecule has 35 heavy (non-hydrogen) atoms. The molecule has 186 valence electrons. The highest BCUT2D eigenvalue weighted by Gasteiger charge is 2.53. The number of fused-ring (bicyclic) bond motifs is 1. The van der Waals surface area contributed by atoms with Crippen LogP contribution in [0, 0.1) is 11.3 Å². The van der Waals surface area contributed by atoms with E-state index in [1.807, 2.05) is 11.8 Å². The quantitative estimate of drug-likeness (QED) is 0.513. The number of amides is 1. The Morgan fingerprint density at radius 2 is 1.89 bits per heavy atom. The Morgan fingerprint density at radius 3 is 2.60 bits per heavy atom. The Bertz CT molecular complexity index is 1260. The van der Waals surface area contributed by atoms with Gasteiger partial charge in [0, 0.05) is 19.6 Å². The molecule has 0 bridgehead atoms. The lowest BCUT2D eigenvalue weighted by atomic mass is 9.70. The molecule has 8 nitrogen and oxygen atoms in total. The summed E-state index contributed by atoms with van der Waals surface area (Å²) in [5.74, 6) is 0.132. The maximum atomic E-state index is 13.5. The van der Waals surface area contributed by atoms with Crippen molar-refractivity contribution in [3.63, 3.8) is 0 Å². The predicted octanol–water partition coefficient (Wildman–Crippen LogP) is 3.77. The van der Waals surface area contributed by atoms with Crippen molar-refractivity contribution in [1.82, 2.24) is 24.7 Å². The summed E-state index contributed by atoms with van der Waals surface area (Å²) in [4.78, 5) is 29.2. The van der Waals surface area contributed by atoms with Crippen LogP contribution >= 0.6 is 0 Å². The first kappa shape index (κ1) is 23.4. The number of carbonyl (C=O) groups excluding carboxylic acids is 1. The zero-order valence-corrected chi connectivity index (χ0v) is 18.7. The largest absolute Gasteiger partial charge is 0.433 e. The highest BCUT2D eigenvalue weighted by Crippen LogP contribution is 2.47. The van der Waals surface area contributed by atoms with Crippen LogP contribution in [0.2, 0.25) is 0 Å². The van der Waals surface area contributed by atoms with E-state index in [4.69, 9.17) is 0 Å². The van der Waals surface area contributed by atoms with Crippen LogP contribution in [0.15, 0.2) is 30.6 Å². The van der Waals surface area contributed by atoms with Crippen molar-refractivity contribution in [3.05, 3.63) is 36.3 Å². The molecule has 5 heterocycles. The fourth-order valence-electron chi connectivity index (χ4n) is 5.07. The first-order chi connectivity index (χ1) is 16.6. The maximum Gasteiger partial charge on any atom is 0.433 e. The number of aromatic nitrogens is 5. The maximum absolute atomic E-state index is 13.5. The highest BCUT2D eigenvalue weighted by atomic mass is 19.4. The van der Waals surface area contributed by atoms with Gasteiger partial charge in [-0.1, -0.05) is 13.0 Å². The third-order valence-corrected chi connectivity index (χ3v) is 6.99. The topological polar surface area (TPSA) is 80.0 Å². The predicted molar refractivity (Wildman–Crippen MR) is 116 cm³/mol. The lowest BCUT2D eigenvalue weighted by Crippen LogP contribution is -2.50. The van der Waals surface area contributed by atoms with Crippen LogP contribution in [0.4, 0.5) is 33.6 Å². The third-order valence-electron chi connectivity index (χ3n) is 6.99. The summed E-state index contributed by atoms with van der Waals surface area (Å²) < 4.78 is 66.1. The van der Waals surface area contributed by atoms with Crippen LogP contribution < -0.4 is 9.80 Å². The molecule has 1 spiro atoms. The summed E-state index contributed by atoms with van der Waals surface area (Å²) in [6, 6.07) is 3.55. The van der Waals surface area contributed by atoms with Gasteiger partial charge < -0.3 is 4.90 Å². The average molecular weight is 495 g/mol. The van der Waals surface area contributed by atoms with E-state index < -0.39 is 30.3 Å². The van der Waals surface area contributed by atoms with E-state index in [1.165, 1.54) is 23.2 Å². The molecular formula is C22H22F5N7O. The fraction of sp³-hybridized carbons (Fsp3) is 0.500. The number of alkyl halides is 5. The van der Waals surface area contributed by atoms with Crippen molar-refractivity contribution in [2.24, 2.45) is 11.3 Å². The zero-order chi connectivity index (χ0) is 25.0. The summed E-state index contributed by atoms with van der Waals surface area (Å²) in [6.07, 6.45) is -3.27. The van der Waals surface area contributed by atoms with Crippen molar-refractivity contribution >= 4 is 28.7 Å². The molecule has 2 aliphatic heterocycles. The molecule has 3 aromatic heterocycles. The van der Waals surface area contributed by atoms with Crippen LogP contribution in [0.5, 0.6) is 0 Å². The number of pyridine rings is 1. The van der Waals surface area contributed by atoms with E-state index in [1.54, 1.807) is 6.20 Å². The van der Waals surface area contributed by atoms with Crippen LogP contribution in [0.25, 0.3) is 11.2 Å². The first-order valence-electron chi connectivity index (χ1n) is 11.2. The molecule has 2 aliphatic rings. The monoisotopic (exact) mass is 495 g/mol. The fourth-order valence-corrected chi connectivity index (χ4v) is 5.07. The molecule has 5 rings (SSSR count). The van der Waals surface area contributed by atoms with E-state index in [2.05, 4.69) is 20.1 Å². The minimum atomic E-state index is -4.60. The summed E-state index contributed by atoms with van der Waals surface area (Å²) in [7, 11) is 0. The Kier molecular flexibility index (Phi) is 5.59. The van der Waals surface area contributed by atoms with Crippen molar-refractivity contribution in [2.45, 2.75) is 38.9 Å². The summed E-state index contributed by atoms with van der Waals surface area (Å²) in [5.41, 5.74) is -1.09. The van der Waals surface area contributed by atoms with Crippen LogP contribution in [-0.4, -0.2) is 56.7 Å². The molecule has 2 saturated heterocycles. The smallest absolute Gasteiger partial charge is 0.355 e. The van der Waals surface area contributed by atoms with Crippen molar-refractivity contribution in [3.8, 4) is 0 Å². The Balaban J connectivity index is 1.35. The molecule has 0 N–H and O–H groups in total. The van der Waals surface area contributed by atoms with Crippen molar-refractivity contribution in [1.29, 1.82) is 0 Å². The molecule has 0 saturated carbocycles. The van der Waals surface area contributed by atoms with Gasteiger partial charge in [-0.15, -0.1) is 0 Å². The summed E-state index contributed by atoms with van der Waals surface area (Å²) >= 11 is 0. The van der Waals surface area contributed by atoms with Gasteiger partial charge in [0.05, 0.1) is 17.8 Å². The second-order valence-electron chi connectivity index (χ2n) is 8.99. The van der Waals surface area contributed by atoms with E-state index >= 15 is 0 Å². The van der Waals surface area contributed by atoms with Crippen LogP contribution in [0.3, 0.4) is 0 Å². The van der Waals surface area contributed by atoms with Crippen molar-refractivity contribution in [2.75, 3.05) is 29.4 Å². The molecule has 0 aromatic carbocycles. The second kappa shape index (κ2) is 8.38. The van der Waals surface area contributed by atoms with Gasteiger partial charge in [-0.05, 0) is 30.9 Å². The third kappa shape index (κ3) is 4.06. The van der Waals surface area contributed by atoms with Crippen molar-refractivity contribution < 1.29 is 26.7 Å². The van der Waals surface area contributed by atoms with Gasteiger partial charge in [0.25, 0.3) is 6.43 Å². The number of carbonyl (C=O) groups is 1. The summed E-state index contributed by atoms with van der Waals surface area (Å²) in [5, 5.41) is 3.93. The molecule has 0 radical (unpaired) electrons. The Hall–Kier alpha value is -3.38. The molecule has 13 heteroatoms. The minimum Gasteiger partial charge on any atom is -0.355 e. The molecule has 0 aliphatic carbocycles. The average Bonchev–Trinajstić information content (AvgIpc) is 3.36. The van der Waals surface area contributed by atoms with Gasteiger partial charge in [-0.25, -0.2) is 28.4 Å². The lowest BCUT2D eigenvalue weighted by molar-refractivity contribution is -0.141. The van der Waals surface area contributed by atoms with E-state index in [0.29, 0.717) is 37.3 Å². The lowest BCUT2D eigenvalue weighted by Gasteiger charge is -2.43. The second-order valence-corrected chi connectivity index (χ2v) is 8.99. The molecule has 2 fully saturated rings. The molecular weight excluding hydrogens is 473 g/mol.